The molecule has 7 heteroatoms. The van der Waals surface area contributed by atoms with E-state index in [9.17, 15) is 9.59 Å². The van der Waals surface area contributed by atoms with E-state index in [1.807, 2.05) is 32.6 Å². The second-order valence-electron chi connectivity index (χ2n) is 5.51. The van der Waals surface area contributed by atoms with E-state index in [0.29, 0.717) is 12.4 Å². The molecule has 1 heterocycles. The summed E-state index contributed by atoms with van der Waals surface area (Å²) in [5, 5.41) is 15.7. The minimum absolute atomic E-state index is 0.0232. The third-order valence-corrected chi connectivity index (χ3v) is 3.12. The third kappa shape index (κ3) is 5.55. The first kappa shape index (κ1) is 17.2. The smallest absolute Gasteiger partial charge is 0.304 e. The van der Waals surface area contributed by atoms with Gasteiger partial charge in [0.05, 0.1) is 19.2 Å². The van der Waals surface area contributed by atoms with Crippen molar-refractivity contribution in [2.75, 3.05) is 18.4 Å². The molecule has 0 saturated carbocycles. The largest absolute Gasteiger partial charge is 0.481 e. The summed E-state index contributed by atoms with van der Waals surface area (Å²) in [5.74, 6) is -0.382. The van der Waals surface area contributed by atoms with Crippen molar-refractivity contribution < 1.29 is 14.7 Å². The maximum Gasteiger partial charge on any atom is 0.304 e. The van der Waals surface area contributed by atoms with E-state index in [4.69, 9.17) is 5.11 Å². The number of hydrogen-bond acceptors (Lipinski definition) is 4. The Kier molecular flexibility index (Phi) is 6.36. The summed E-state index contributed by atoms with van der Waals surface area (Å²) in [6.07, 6.45) is 1.66. The van der Waals surface area contributed by atoms with Crippen LogP contribution in [0.5, 0.6) is 0 Å². The van der Waals surface area contributed by atoms with Gasteiger partial charge in [0.1, 0.15) is 5.82 Å². The topological polar surface area (TPSA) is 87.5 Å². The van der Waals surface area contributed by atoms with Crippen LogP contribution in [0.3, 0.4) is 0 Å². The molecule has 0 aliphatic rings. The van der Waals surface area contributed by atoms with Gasteiger partial charge in [0.15, 0.2) is 0 Å². The molecule has 0 spiro atoms. The van der Waals surface area contributed by atoms with E-state index < -0.39 is 5.97 Å². The normalized spacial score (nSPS) is 11.4. The van der Waals surface area contributed by atoms with Crippen molar-refractivity contribution in [2.45, 2.75) is 46.2 Å². The molecule has 0 atom stereocenters. The summed E-state index contributed by atoms with van der Waals surface area (Å²) in [6.45, 7) is 8.35. The number of carbonyl (C=O) groups excluding carboxylic acids is 1. The molecule has 118 valence electrons. The second-order valence-corrected chi connectivity index (χ2v) is 5.51. The molecule has 0 radical (unpaired) electrons. The van der Waals surface area contributed by atoms with Crippen LogP contribution >= 0.6 is 0 Å². The van der Waals surface area contributed by atoms with Gasteiger partial charge in [-0.15, -0.1) is 0 Å². The lowest BCUT2D eigenvalue weighted by atomic mass is 10.2. The number of anilines is 1. The van der Waals surface area contributed by atoms with Crippen LogP contribution in [-0.4, -0.2) is 50.8 Å². The Labute approximate surface area is 124 Å². The predicted molar refractivity (Wildman–Crippen MR) is 80.2 cm³/mol. The summed E-state index contributed by atoms with van der Waals surface area (Å²) < 4.78 is 1.73. The van der Waals surface area contributed by atoms with E-state index in [-0.39, 0.29) is 31.0 Å². The highest BCUT2D eigenvalue weighted by molar-refractivity contribution is 5.91. The van der Waals surface area contributed by atoms with Gasteiger partial charge in [0, 0.05) is 24.7 Å². The van der Waals surface area contributed by atoms with Gasteiger partial charge in [-0.25, -0.2) is 4.68 Å². The monoisotopic (exact) mass is 296 g/mol. The molecule has 1 aromatic heterocycles. The van der Waals surface area contributed by atoms with Crippen molar-refractivity contribution in [3.05, 3.63) is 12.3 Å². The van der Waals surface area contributed by atoms with Crippen LogP contribution < -0.4 is 5.32 Å². The van der Waals surface area contributed by atoms with E-state index >= 15 is 0 Å². The lowest BCUT2D eigenvalue weighted by molar-refractivity contribution is -0.137. The summed E-state index contributed by atoms with van der Waals surface area (Å²) in [4.78, 5) is 24.6. The molecule has 1 aromatic rings. The molecule has 0 bridgehead atoms. The number of carbonyl (C=O) groups is 2. The van der Waals surface area contributed by atoms with Crippen LogP contribution in [0.4, 0.5) is 5.82 Å². The van der Waals surface area contributed by atoms with Gasteiger partial charge in [-0.3, -0.25) is 14.5 Å². The molecular weight excluding hydrogens is 272 g/mol. The number of carboxylic acid groups (broad SMARTS) is 1. The zero-order valence-electron chi connectivity index (χ0n) is 13.0. The first-order valence-electron chi connectivity index (χ1n) is 7.10. The van der Waals surface area contributed by atoms with Crippen LogP contribution in [0, 0.1) is 0 Å². The number of aromatic nitrogens is 2. The maximum absolute atomic E-state index is 12.1. The van der Waals surface area contributed by atoms with Gasteiger partial charge in [-0.1, -0.05) is 0 Å². The number of carboxylic acids is 1. The Hall–Kier alpha value is -1.89. The predicted octanol–water partition coefficient (Wildman–Crippen LogP) is 1.59. The van der Waals surface area contributed by atoms with Gasteiger partial charge in [0.2, 0.25) is 5.91 Å². The zero-order valence-corrected chi connectivity index (χ0v) is 13.0. The molecule has 0 saturated heterocycles. The van der Waals surface area contributed by atoms with Crippen molar-refractivity contribution in [1.82, 2.24) is 14.7 Å². The minimum Gasteiger partial charge on any atom is -0.481 e. The number of nitrogens with zero attached hydrogens (tertiary/aromatic N) is 3. The summed E-state index contributed by atoms with van der Waals surface area (Å²) in [5.41, 5.74) is 0. The molecule has 21 heavy (non-hydrogen) atoms. The average molecular weight is 296 g/mol. The molecule has 1 amide bonds. The van der Waals surface area contributed by atoms with Crippen LogP contribution in [0.25, 0.3) is 0 Å². The van der Waals surface area contributed by atoms with Crippen molar-refractivity contribution in [3.63, 3.8) is 0 Å². The van der Waals surface area contributed by atoms with E-state index in [2.05, 4.69) is 10.4 Å². The first-order chi connectivity index (χ1) is 9.81. The number of nitrogens with one attached hydrogen (secondary N) is 1. The van der Waals surface area contributed by atoms with Crippen LogP contribution in [-0.2, 0) is 9.59 Å². The van der Waals surface area contributed by atoms with Crippen molar-refractivity contribution in [3.8, 4) is 0 Å². The quantitative estimate of drug-likeness (QED) is 0.760. The third-order valence-electron chi connectivity index (χ3n) is 3.12. The van der Waals surface area contributed by atoms with Crippen LogP contribution in [0.2, 0.25) is 0 Å². The van der Waals surface area contributed by atoms with Crippen molar-refractivity contribution in [2.24, 2.45) is 0 Å². The number of hydrogen-bond donors (Lipinski definition) is 2. The SMILES string of the molecule is CC(C)N(CCC(=O)O)CC(=O)Nc1ccnn1C(C)C. The molecule has 0 aliphatic heterocycles. The molecule has 7 nitrogen and oxygen atoms in total. The van der Waals surface area contributed by atoms with E-state index in [1.54, 1.807) is 16.9 Å². The van der Waals surface area contributed by atoms with Crippen molar-refractivity contribution >= 4 is 17.7 Å². The molecule has 1 rings (SSSR count). The Morgan fingerprint density at radius 2 is 2.05 bits per heavy atom. The van der Waals surface area contributed by atoms with Gasteiger partial charge in [0.25, 0.3) is 0 Å². The summed E-state index contributed by atoms with van der Waals surface area (Å²) in [7, 11) is 0. The lowest BCUT2D eigenvalue weighted by Crippen LogP contribution is -2.39. The minimum atomic E-state index is -0.862. The van der Waals surface area contributed by atoms with Gasteiger partial charge >= 0.3 is 5.97 Å². The number of amides is 1. The Morgan fingerprint density at radius 3 is 2.57 bits per heavy atom. The molecule has 0 fully saturated rings. The molecule has 0 aromatic carbocycles. The second kappa shape index (κ2) is 7.78. The van der Waals surface area contributed by atoms with E-state index in [1.165, 1.54) is 0 Å². The summed E-state index contributed by atoms with van der Waals surface area (Å²) in [6, 6.07) is 2.00. The number of rotatable bonds is 8. The van der Waals surface area contributed by atoms with Crippen molar-refractivity contribution in [1.29, 1.82) is 0 Å². The van der Waals surface area contributed by atoms with Gasteiger partial charge in [-0.05, 0) is 27.7 Å². The Morgan fingerprint density at radius 1 is 1.38 bits per heavy atom. The molecule has 2 N–H and O–H groups in total. The maximum atomic E-state index is 12.1. The van der Waals surface area contributed by atoms with E-state index in [0.717, 1.165) is 0 Å². The summed E-state index contributed by atoms with van der Waals surface area (Å²) >= 11 is 0. The van der Waals surface area contributed by atoms with Gasteiger partial charge in [-0.2, -0.15) is 5.10 Å². The molecule has 0 aliphatic carbocycles. The van der Waals surface area contributed by atoms with Gasteiger partial charge < -0.3 is 10.4 Å². The highest BCUT2D eigenvalue weighted by Gasteiger charge is 2.16. The lowest BCUT2D eigenvalue weighted by Gasteiger charge is -2.25. The fourth-order valence-electron chi connectivity index (χ4n) is 1.95. The molecule has 0 unspecified atom stereocenters. The number of aliphatic carboxylic acids is 1. The Bertz CT molecular complexity index is 482. The average Bonchev–Trinajstić information content (AvgIpc) is 2.81. The fourth-order valence-corrected chi connectivity index (χ4v) is 1.95. The Balaban J connectivity index is 2.61. The standard InChI is InChI=1S/C14H24N4O3/c1-10(2)17(8-6-14(20)21)9-13(19)16-12-5-7-15-18(12)11(3)4/h5,7,10-11H,6,8-9H2,1-4H3,(H,16,19)(H,20,21). The highest BCUT2D eigenvalue weighted by atomic mass is 16.4. The first-order valence-corrected chi connectivity index (χ1v) is 7.10. The zero-order chi connectivity index (χ0) is 16.0. The molecular formula is C14H24N4O3. The van der Waals surface area contributed by atoms with Crippen LogP contribution in [0.1, 0.15) is 40.2 Å². The fraction of sp³-hybridized carbons (Fsp3) is 0.643. The van der Waals surface area contributed by atoms with Crippen LogP contribution in [0.15, 0.2) is 12.3 Å². The highest BCUT2D eigenvalue weighted by Crippen LogP contribution is 2.13.